The van der Waals surface area contributed by atoms with Crippen molar-refractivity contribution in [2.75, 3.05) is 19.0 Å². The molecule has 0 spiro atoms. The number of anilines is 1. The van der Waals surface area contributed by atoms with E-state index in [1.807, 2.05) is 0 Å². The Hall–Kier alpha value is -3.55. The van der Waals surface area contributed by atoms with Gasteiger partial charge in [-0.3, -0.25) is 4.79 Å². The summed E-state index contributed by atoms with van der Waals surface area (Å²) in [7, 11) is 1.53. The molecule has 2 rings (SSSR count). The summed E-state index contributed by atoms with van der Waals surface area (Å²) < 4.78 is 10.2. The number of carbonyl (C=O) groups excluding carboxylic acids is 1. The van der Waals surface area contributed by atoms with Crippen molar-refractivity contribution < 1.29 is 34.1 Å². The van der Waals surface area contributed by atoms with Crippen LogP contribution >= 0.6 is 0 Å². The van der Waals surface area contributed by atoms with E-state index in [2.05, 4.69) is 5.32 Å². The molecule has 25 heavy (non-hydrogen) atoms. The molecular formula is C17H15NO7. The molecular weight excluding hydrogens is 330 g/mol. The number of carboxylic acid groups (broad SMARTS) is 2. The van der Waals surface area contributed by atoms with E-state index in [-0.39, 0.29) is 16.9 Å². The summed E-state index contributed by atoms with van der Waals surface area (Å²) >= 11 is 0. The zero-order chi connectivity index (χ0) is 18.4. The van der Waals surface area contributed by atoms with Crippen LogP contribution in [0, 0.1) is 0 Å². The molecule has 130 valence electrons. The number of amides is 1. The molecule has 0 saturated carbocycles. The summed E-state index contributed by atoms with van der Waals surface area (Å²) in [6.45, 7) is -0.409. The van der Waals surface area contributed by atoms with E-state index in [1.54, 1.807) is 24.3 Å². The summed E-state index contributed by atoms with van der Waals surface area (Å²) in [5.74, 6) is -2.46. The third-order valence-corrected chi connectivity index (χ3v) is 3.14. The molecule has 0 aromatic heterocycles. The van der Waals surface area contributed by atoms with Crippen molar-refractivity contribution in [3.05, 3.63) is 53.6 Å². The van der Waals surface area contributed by atoms with E-state index in [9.17, 15) is 14.4 Å². The Morgan fingerprint density at radius 2 is 1.48 bits per heavy atom. The number of rotatable bonds is 7. The number of carboxylic acids is 2. The maximum Gasteiger partial charge on any atom is 0.335 e. The first-order chi connectivity index (χ1) is 11.9. The summed E-state index contributed by atoms with van der Waals surface area (Å²) in [5, 5.41) is 20.6. The quantitative estimate of drug-likeness (QED) is 0.702. The van der Waals surface area contributed by atoms with Crippen LogP contribution in [0.15, 0.2) is 42.5 Å². The molecule has 0 aliphatic heterocycles. The van der Waals surface area contributed by atoms with E-state index >= 15 is 0 Å². The van der Waals surface area contributed by atoms with Crippen LogP contribution in [0.1, 0.15) is 20.7 Å². The summed E-state index contributed by atoms with van der Waals surface area (Å²) in [4.78, 5) is 33.9. The van der Waals surface area contributed by atoms with Crippen molar-refractivity contribution in [3.63, 3.8) is 0 Å². The first-order valence-corrected chi connectivity index (χ1v) is 7.07. The van der Waals surface area contributed by atoms with Crippen LogP contribution in [0.2, 0.25) is 0 Å². The Balaban J connectivity index is 2.03. The number of ether oxygens (including phenoxy) is 2. The van der Waals surface area contributed by atoms with Crippen molar-refractivity contribution in [1.82, 2.24) is 0 Å². The minimum Gasteiger partial charge on any atom is -0.497 e. The lowest BCUT2D eigenvalue weighted by Gasteiger charge is -2.09. The van der Waals surface area contributed by atoms with Gasteiger partial charge in [-0.25, -0.2) is 9.59 Å². The second-order valence-corrected chi connectivity index (χ2v) is 4.92. The highest BCUT2D eigenvalue weighted by molar-refractivity contribution is 5.95. The van der Waals surface area contributed by atoms with Crippen molar-refractivity contribution in [2.24, 2.45) is 0 Å². The Morgan fingerprint density at radius 1 is 0.920 bits per heavy atom. The molecule has 0 bridgehead atoms. The summed E-state index contributed by atoms with van der Waals surface area (Å²) in [6.07, 6.45) is 0. The van der Waals surface area contributed by atoms with Gasteiger partial charge in [-0.15, -0.1) is 0 Å². The van der Waals surface area contributed by atoms with Crippen LogP contribution in [0.5, 0.6) is 11.5 Å². The predicted octanol–water partition coefficient (Wildman–Crippen LogP) is 2.11. The fourth-order valence-electron chi connectivity index (χ4n) is 1.95. The maximum absolute atomic E-state index is 11.9. The molecule has 0 aliphatic rings. The number of nitrogens with one attached hydrogen (secondary N) is 1. The molecule has 2 aromatic carbocycles. The van der Waals surface area contributed by atoms with Gasteiger partial charge in [0.05, 0.1) is 18.2 Å². The smallest absolute Gasteiger partial charge is 0.335 e. The molecule has 0 unspecified atom stereocenters. The van der Waals surface area contributed by atoms with Crippen molar-refractivity contribution in [3.8, 4) is 11.5 Å². The van der Waals surface area contributed by atoms with Crippen molar-refractivity contribution in [2.45, 2.75) is 0 Å². The first kappa shape index (κ1) is 17.8. The van der Waals surface area contributed by atoms with E-state index in [4.69, 9.17) is 19.7 Å². The molecule has 0 saturated heterocycles. The van der Waals surface area contributed by atoms with Crippen LogP contribution in [0.3, 0.4) is 0 Å². The second-order valence-electron chi connectivity index (χ2n) is 4.92. The lowest BCUT2D eigenvalue weighted by atomic mass is 10.1. The highest BCUT2D eigenvalue weighted by Crippen LogP contribution is 2.18. The third-order valence-electron chi connectivity index (χ3n) is 3.14. The standard InChI is InChI=1S/C17H15NO7/c1-24-13-4-2-12(3-5-13)18-15(19)9-25-14-7-10(16(20)21)6-11(8-14)17(22)23/h2-8H,9H2,1H3,(H,18,19)(H,20,21)(H,22,23). The number of carbonyl (C=O) groups is 3. The number of aromatic carboxylic acids is 2. The minimum atomic E-state index is -1.30. The average Bonchev–Trinajstić information content (AvgIpc) is 2.60. The van der Waals surface area contributed by atoms with Gasteiger partial charge in [-0.05, 0) is 42.5 Å². The Morgan fingerprint density at radius 3 is 1.96 bits per heavy atom. The average molecular weight is 345 g/mol. The molecule has 0 atom stereocenters. The number of hydrogen-bond donors (Lipinski definition) is 3. The highest BCUT2D eigenvalue weighted by atomic mass is 16.5. The molecule has 0 heterocycles. The first-order valence-electron chi connectivity index (χ1n) is 7.07. The van der Waals surface area contributed by atoms with Crippen molar-refractivity contribution >= 4 is 23.5 Å². The topological polar surface area (TPSA) is 122 Å². The van der Waals surface area contributed by atoms with E-state index in [0.717, 1.165) is 18.2 Å². The zero-order valence-corrected chi connectivity index (χ0v) is 13.2. The minimum absolute atomic E-state index is 0.0258. The van der Waals surface area contributed by atoms with Crippen LogP contribution in [0.25, 0.3) is 0 Å². The van der Waals surface area contributed by atoms with Crippen LogP contribution in [0.4, 0.5) is 5.69 Å². The lowest BCUT2D eigenvalue weighted by molar-refractivity contribution is -0.118. The molecule has 1 amide bonds. The molecule has 8 heteroatoms. The van der Waals surface area contributed by atoms with Gasteiger partial charge in [0.25, 0.3) is 5.91 Å². The van der Waals surface area contributed by atoms with Gasteiger partial charge in [0, 0.05) is 5.69 Å². The Labute approximate surface area is 142 Å². The molecule has 2 aromatic rings. The van der Waals surface area contributed by atoms with Gasteiger partial charge in [0.2, 0.25) is 0 Å². The number of methoxy groups -OCH3 is 1. The van der Waals surface area contributed by atoms with Gasteiger partial charge in [0.1, 0.15) is 11.5 Å². The predicted molar refractivity (Wildman–Crippen MR) is 87.5 cm³/mol. The van der Waals surface area contributed by atoms with Gasteiger partial charge in [-0.2, -0.15) is 0 Å². The molecule has 0 radical (unpaired) electrons. The number of hydrogen-bond acceptors (Lipinski definition) is 5. The van der Waals surface area contributed by atoms with E-state index in [0.29, 0.717) is 11.4 Å². The summed E-state index contributed by atoms with van der Waals surface area (Å²) in [6, 6.07) is 9.94. The van der Waals surface area contributed by atoms with Gasteiger partial charge in [0.15, 0.2) is 6.61 Å². The van der Waals surface area contributed by atoms with Crippen LogP contribution < -0.4 is 14.8 Å². The largest absolute Gasteiger partial charge is 0.497 e. The number of benzene rings is 2. The van der Waals surface area contributed by atoms with Gasteiger partial charge >= 0.3 is 11.9 Å². The second kappa shape index (κ2) is 7.82. The lowest BCUT2D eigenvalue weighted by Crippen LogP contribution is -2.20. The molecule has 0 aliphatic carbocycles. The van der Waals surface area contributed by atoms with E-state index in [1.165, 1.54) is 7.11 Å². The fourth-order valence-corrected chi connectivity index (χ4v) is 1.95. The zero-order valence-electron chi connectivity index (χ0n) is 13.2. The Bertz CT molecular complexity index is 767. The third kappa shape index (κ3) is 4.96. The highest BCUT2D eigenvalue weighted by Gasteiger charge is 2.13. The molecule has 8 nitrogen and oxygen atoms in total. The van der Waals surface area contributed by atoms with Crippen LogP contribution in [-0.2, 0) is 4.79 Å². The van der Waals surface area contributed by atoms with Crippen LogP contribution in [-0.4, -0.2) is 41.8 Å². The Kier molecular flexibility index (Phi) is 5.57. The fraction of sp³-hybridized carbons (Fsp3) is 0.118. The van der Waals surface area contributed by atoms with Crippen molar-refractivity contribution in [1.29, 1.82) is 0 Å². The normalized spacial score (nSPS) is 9.96. The summed E-state index contributed by atoms with van der Waals surface area (Å²) in [5.41, 5.74) is 0.0378. The van der Waals surface area contributed by atoms with Gasteiger partial charge in [-0.1, -0.05) is 0 Å². The van der Waals surface area contributed by atoms with Gasteiger partial charge < -0.3 is 25.0 Å². The van der Waals surface area contributed by atoms with E-state index < -0.39 is 24.5 Å². The SMILES string of the molecule is COc1ccc(NC(=O)COc2cc(C(=O)O)cc(C(=O)O)c2)cc1. The molecule has 3 N–H and O–H groups in total. The molecule has 0 fully saturated rings. The monoisotopic (exact) mass is 345 g/mol. The maximum atomic E-state index is 11.9.